The maximum absolute atomic E-state index is 12.7. The number of rotatable bonds is 13. The molecule has 9 heteroatoms. The Bertz CT molecular complexity index is 1420. The number of carbonyl (C=O) groups is 1. The number of ether oxygens (including phenoxy) is 2. The van der Waals surface area contributed by atoms with Gasteiger partial charge in [0.2, 0.25) is 0 Å². The fourth-order valence-electron chi connectivity index (χ4n) is 4.31. The van der Waals surface area contributed by atoms with Crippen LogP contribution in [-0.2, 0) is 11.2 Å². The number of nitrogens with zero attached hydrogens (tertiary/aromatic N) is 2. The lowest BCUT2D eigenvalue weighted by Gasteiger charge is -2.19. The number of carbonyl (C=O) groups excluding carboxylic acids is 1. The van der Waals surface area contributed by atoms with Gasteiger partial charge in [0.15, 0.2) is 0 Å². The number of pyridine rings is 1. The second-order valence-corrected chi connectivity index (χ2v) is 10.0. The molecular formula is C31H34ClN3O5. The van der Waals surface area contributed by atoms with E-state index in [4.69, 9.17) is 21.1 Å². The molecule has 4 aromatic rings. The second kappa shape index (κ2) is 14.2. The van der Waals surface area contributed by atoms with Crippen molar-refractivity contribution in [2.24, 2.45) is 0 Å². The average molecular weight is 564 g/mol. The molecule has 0 aliphatic heterocycles. The van der Waals surface area contributed by atoms with E-state index in [9.17, 15) is 15.0 Å². The Morgan fingerprint density at radius 1 is 1.10 bits per heavy atom. The Morgan fingerprint density at radius 2 is 1.90 bits per heavy atom. The van der Waals surface area contributed by atoms with E-state index in [1.54, 1.807) is 61.7 Å². The van der Waals surface area contributed by atoms with Gasteiger partial charge in [0.1, 0.15) is 11.5 Å². The van der Waals surface area contributed by atoms with Crippen LogP contribution in [0.5, 0.6) is 11.5 Å². The van der Waals surface area contributed by atoms with E-state index < -0.39 is 6.10 Å². The number of likely N-dealkylation sites (N-methyl/N-ethyl adjacent to an activating group) is 1. The maximum atomic E-state index is 12.7. The molecule has 0 aliphatic rings. The molecule has 0 spiro atoms. The summed E-state index contributed by atoms with van der Waals surface area (Å²) in [6.45, 7) is 1.18. The maximum Gasteiger partial charge on any atom is 0.253 e. The molecule has 0 saturated carbocycles. The minimum Gasteiger partial charge on any atom is -0.457 e. The van der Waals surface area contributed by atoms with Crippen molar-refractivity contribution in [1.82, 2.24) is 15.2 Å². The van der Waals surface area contributed by atoms with Crippen LogP contribution in [0, 0.1) is 0 Å². The molecule has 2 atom stereocenters. The van der Waals surface area contributed by atoms with Crippen LogP contribution in [0.3, 0.4) is 0 Å². The first-order valence-electron chi connectivity index (χ1n) is 13.1. The lowest BCUT2D eigenvalue weighted by Crippen LogP contribution is -2.37. The first-order chi connectivity index (χ1) is 19.4. The summed E-state index contributed by atoms with van der Waals surface area (Å²) >= 11 is 6.02. The molecule has 8 nitrogen and oxygen atoms in total. The topological polar surface area (TPSA) is 104 Å². The summed E-state index contributed by atoms with van der Waals surface area (Å²) in [7, 11) is 3.35. The van der Waals surface area contributed by atoms with Gasteiger partial charge in [-0.15, -0.1) is 0 Å². The Labute approximate surface area is 239 Å². The van der Waals surface area contributed by atoms with Crippen LogP contribution in [0.25, 0.3) is 10.9 Å². The fraction of sp³-hybridized carbons (Fsp3) is 0.290. The van der Waals surface area contributed by atoms with Crippen LogP contribution in [0.15, 0.2) is 79.0 Å². The summed E-state index contributed by atoms with van der Waals surface area (Å²) in [6.07, 6.45) is 1.50. The fourth-order valence-corrected chi connectivity index (χ4v) is 4.51. The van der Waals surface area contributed by atoms with Gasteiger partial charge < -0.3 is 29.9 Å². The highest BCUT2D eigenvalue weighted by atomic mass is 35.5. The van der Waals surface area contributed by atoms with Gasteiger partial charge in [-0.25, -0.2) is 0 Å². The summed E-state index contributed by atoms with van der Waals surface area (Å²) in [5.41, 5.74) is 2.94. The van der Waals surface area contributed by atoms with Gasteiger partial charge in [-0.1, -0.05) is 35.9 Å². The zero-order chi connectivity index (χ0) is 28.5. The number of fused-ring (bicyclic) bond motifs is 1. The molecule has 0 radical (unpaired) electrons. The van der Waals surface area contributed by atoms with Gasteiger partial charge in [-0.2, -0.15) is 0 Å². The van der Waals surface area contributed by atoms with Crippen molar-refractivity contribution in [2.75, 3.05) is 40.5 Å². The van der Waals surface area contributed by atoms with E-state index in [1.165, 1.54) is 0 Å². The highest BCUT2D eigenvalue weighted by Gasteiger charge is 2.15. The molecular weight excluding hydrogens is 530 g/mol. The molecule has 1 heterocycles. The highest BCUT2D eigenvalue weighted by molar-refractivity contribution is 6.30. The van der Waals surface area contributed by atoms with E-state index in [2.05, 4.69) is 10.3 Å². The summed E-state index contributed by atoms with van der Waals surface area (Å²) in [6, 6.07) is 21.7. The Balaban J connectivity index is 1.37. The van der Waals surface area contributed by atoms with Crippen molar-refractivity contribution in [1.29, 1.82) is 0 Å². The summed E-state index contributed by atoms with van der Waals surface area (Å²) < 4.78 is 11.2. The summed E-state index contributed by atoms with van der Waals surface area (Å²) in [5, 5.41) is 24.9. The number of aliphatic hydroxyl groups is 2. The normalized spacial score (nSPS) is 12.7. The number of hydrogen-bond acceptors (Lipinski definition) is 7. The Kier molecular flexibility index (Phi) is 10.5. The van der Waals surface area contributed by atoms with Gasteiger partial charge in [0.05, 0.1) is 24.8 Å². The number of nitrogens with one attached hydrogen (secondary N) is 1. The monoisotopic (exact) mass is 563 g/mol. The van der Waals surface area contributed by atoms with Gasteiger partial charge in [-0.05, 0) is 66.1 Å². The zero-order valence-electron chi connectivity index (χ0n) is 22.6. The number of methoxy groups -OCH3 is 1. The lowest BCUT2D eigenvalue weighted by atomic mass is 10.0. The third kappa shape index (κ3) is 7.78. The van der Waals surface area contributed by atoms with E-state index in [1.807, 2.05) is 36.4 Å². The minimum absolute atomic E-state index is 0.0732. The molecule has 40 heavy (non-hydrogen) atoms. The zero-order valence-corrected chi connectivity index (χ0v) is 23.3. The molecule has 0 bridgehead atoms. The van der Waals surface area contributed by atoms with Crippen molar-refractivity contribution in [3.63, 3.8) is 0 Å². The molecule has 210 valence electrons. The smallest absolute Gasteiger partial charge is 0.253 e. The third-order valence-electron chi connectivity index (χ3n) is 6.61. The Morgan fingerprint density at radius 3 is 2.62 bits per heavy atom. The van der Waals surface area contributed by atoms with Crippen LogP contribution in [0.1, 0.15) is 27.6 Å². The number of aliphatic hydroxyl groups excluding tert-OH is 2. The van der Waals surface area contributed by atoms with Crippen LogP contribution >= 0.6 is 11.6 Å². The number of halogens is 1. The quantitative estimate of drug-likeness (QED) is 0.218. The van der Waals surface area contributed by atoms with Crippen molar-refractivity contribution in [3.05, 3.63) is 101 Å². The molecule has 1 aromatic heterocycles. The average Bonchev–Trinajstić information content (AvgIpc) is 2.98. The molecule has 0 aliphatic carbocycles. The number of benzene rings is 3. The van der Waals surface area contributed by atoms with Gasteiger partial charge in [0, 0.05) is 55.5 Å². The van der Waals surface area contributed by atoms with Crippen molar-refractivity contribution in [2.45, 2.75) is 18.6 Å². The number of aromatic nitrogens is 1. The highest BCUT2D eigenvalue weighted by Crippen LogP contribution is 2.30. The van der Waals surface area contributed by atoms with Crippen LogP contribution in [-0.4, -0.2) is 72.5 Å². The molecule has 3 N–H and O–H groups in total. The lowest BCUT2D eigenvalue weighted by molar-refractivity contribution is 0.0744. The SMILES string of the molecule is COCCN(C)C(=O)c1ccc2c(Oc3ccc(C[C@@H](CO)NC[C@@H](O)c4cccc(Cl)c4)cc3)ccnc2c1. The van der Waals surface area contributed by atoms with Crippen molar-refractivity contribution >= 4 is 28.4 Å². The van der Waals surface area contributed by atoms with E-state index in [-0.39, 0.29) is 18.6 Å². The molecule has 1 amide bonds. The van der Waals surface area contributed by atoms with Crippen molar-refractivity contribution in [3.8, 4) is 11.5 Å². The molecule has 0 fully saturated rings. The molecule has 3 aromatic carbocycles. The van der Waals surface area contributed by atoms with Crippen LogP contribution in [0.4, 0.5) is 0 Å². The van der Waals surface area contributed by atoms with E-state index in [0.29, 0.717) is 53.7 Å². The molecule has 4 rings (SSSR count). The van der Waals surface area contributed by atoms with Crippen LogP contribution < -0.4 is 10.1 Å². The largest absolute Gasteiger partial charge is 0.457 e. The first kappa shape index (κ1) is 29.5. The van der Waals surface area contributed by atoms with E-state index >= 15 is 0 Å². The third-order valence-corrected chi connectivity index (χ3v) is 6.85. The van der Waals surface area contributed by atoms with Crippen molar-refractivity contribution < 1.29 is 24.5 Å². The second-order valence-electron chi connectivity index (χ2n) is 9.57. The summed E-state index contributed by atoms with van der Waals surface area (Å²) in [5.74, 6) is 1.19. The number of amides is 1. The molecule has 0 unspecified atom stereocenters. The predicted molar refractivity (Wildman–Crippen MR) is 156 cm³/mol. The van der Waals surface area contributed by atoms with Gasteiger partial charge >= 0.3 is 0 Å². The predicted octanol–water partition coefficient (Wildman–Crippen LogP) is 4.63. The van der Waals surface area contributed by atoms with Gasteiger partial charge in [0.25, 0.3) is 5.91 Å². The van der Waals surface area contributed by atoms with Gasteiger partial charge in [-0.3, -0.25) is 9.78 Å². The Hall–Kier alpha value is -3.53. The standard InChI is InChI=1S/C31H34ClN3O5/c1-35(14-15-39-2)31(38)23-8-11-27-28(18-23)33-13-12-30(27)40-26-9-6-21(7-10-26)16-25(20-36)34-19-29(37)22-4-3-5-24(32)17-22/h3-13,17-18,25,29,34,36-37H,14-16,19-20H2,1-2H3/t25-,29+/m0/s1. The van der Waals surface area contributed by atoms with E-state index in [0.717, 1.165) is 16.5 Å². The number of hydrogen-bond donors (Lipinski definition) is 3. The summed E-state index contributed by atoms with van der Waals surface area (Å²) in [4.78, 5) is 18.8. The minimum atomic E-state index is -0.732. The van der Waals surface area contributed by atoms with Crippen LogP contribution in [0.2, 0.25) is 5.02 Å². The first-order valence-corrected chi connectivity index (χ1v) is 13.4. The molecule has 0 saturated heterocycles.